The van der Waals surface area contributed by atoms with Crippen molar-refractivity contribution in [2.75, 3.05) is 25.0 Å². The fraction of sp³-hybridized carbons (Fsp3) is 0.312. The molecule has 3 aromatic carbocycles. The smallest absolute Gasteiger partial charge is 0.325 e. The van der Waals surface area contributed by atoms with Gasteiger partial charge in [-0.2, -0.15) is 0 Å². The Kier molecular flexibility index (Phi) is 8.94. The highest BCUT2D eigenvalue weighted by Gasteiger charge is 2.32. The Morgan fingerprint density at radius 3 is 2.48 bits per heavy atom. The summed E-state index contributed by atoms with van der Waals surface area (Å²) in [6.45, 7) is 2.05. The van der Waals surface area contributed by atoms with Gasteiger partial charge in [-0.25, -0.2) is 4.79 Å². The molecule has 10 nitrogen and oxygen atoms in total. The first-order chi connectivity index (χ1) is 20.4. The first-order valence-electron chi connectivity index (χ1n) is 13.9. The molecule has 2 saturated heterocycles. The third-order valence-corrected chi connectivity index (χ3v) is 7.72. The Bertz CT molecular complexity index is 1470. The predicted molar refractivity (Wildman–Crippen MR) is 156 cm³/mol. The van der Waals surface area contributed by atoms with Gasteiger partial charge in [-0.1, -0.05) is 54.6 Å². The van der Waals surface area contributed by atoms with Crippen molar-refractivity contribution in [1.82, 2.24) is 15.1 Å². The Morgan fingerprint density at radius 2 is 1.74 bits per heavy atom. The zero-order valence-electron chi connectivity index (χ0n) is 23.5. The first kappa shape index (κ1) is 29.0. The van der Waals surface area contributed by atoms with Crippen LogP contribution in [-0.4, -0.2) is 65.2 Å². The summed E-state index contributed by atoms with van der Waals surface area (Å²) in [5.41, 5.74) is 4.62. The minimum atomic E-state index is -0.457. The lowest BCUT2D eigenvalue weighted by atomic mass is 10.0. The zero-order valence-corrected chi connectivity index (χ0v) is 23.5. The van der Waals surface area contributed by atoms with Crippen LogP contribution in [0.15, 0.2) is 66.7 Å². The third-order valence-electron chi connectivity index (χ3n) is 7.72. The number of para-hydroxylation sites is 2. The van der Waals surface area contributed by atoms with Crippen molar-refractivity contribution in [2.45, 2.75) is 45.2 Å². The highest BCUT2D eigenvalue weighted by atomic mass is 16.5. The monoisotopic (exact) mass is 570 g/mol. The normalized spacial score (nSPS) is 17.1. The molecule has 2 aliphatic rings. The molecule has 2 heterocycles. The molecule has 2 aliphatic heterocycles. The van der Waals surface area contributed by atoms with Gasteiger partial charge in [-0.3, -0.25) is 29.5 Å². The summed E-state index contributed by atoms with van der Waals surface area (Å²) in [6, 6.07) is 19.9. The average molecular weight is 571 g/mol. The summed E-state index contributed by atoms with van der Waals surface area (Å²) in [6.07, 6.45) is 1.50. The number of nitrogens with zero attached hydrogens (tertiary/aromatic N) is 3. The number of hydrogen-bond acceptors (Lipinski definition) is 7. The molecule has 0 aliphatic carbocycles. The Labute approximate surface area is 244 Å². The van der Waals surface area contributed by atoms with E-state index >= 15 is 0 Å². The fourth-order valence-corrected chi connectivity index (χ4v) is 5.37. The molecule has 1 unspecified atom stereocenters. The Balaban J connectivity index is 1.25. The largest absolute Gasteiger partial charge is 0.487 e. The average Bonchev–Trinajstić information content (AvgIpc) is 3.35. The Morgan fingerprint density at radius 1 is 1.00 bits per heavy atom. The van der Waals surface area contributed by atoms with Crippen molar-refractivity contribution in [3.05, 3.63) is 94.5 Å². The number of imide groups is 1. The number of nitrogens with one attached hydrogen (secondary N) is 1. The van der Waals surface area contributed by atoms with Crippen LogP contribution in [-0.2, 0) is 35.9 Å². The van der Waals surface area contributed by atoms with Gasteiger partial charge in [0.1, 0.15) is 18.6 Å². The van der Waals surface area contributed by atoms with Gasteiger partial charge in [-0.15, -0.1) is 0 Å². The lowest BCUT2D eigenvalue weighted by molar-refractivity contribution is -0.137. The van der Waals surface area contributed by atoms with Crippen LogP contribution < -0.4 is 15.0 Å². The van der Waals surface area contributed by atoms with Crippen molar-refractivity contribution in [1.29, 1.82) is 0 Å². The van der Waals surface area contributed by atoms with E-state index in [1.807, 2.05) is 65.6 Å². The highest BCUT2D eigenvalue weighted by Crippen LogP contribution is 2.32. The van der Waals surface area contributed by atoms with Crippen LogP contribution in [0.4, 0.5) is 10.5 Å². The molecular weight excluding hydrogens is 536 g/mol. The van der Waals surface area contributed by atoms with Gasteiger partial charge in [0, 0.05) is 38.2 Å². The number of aliphatic hydroxyl groups is 1. The number of carbonyl (C=O) groups is 4. The van der Waals surface area contributed by atoms with E-state index in [0.717, 1.165) is 28.5 Å². The van der Waals surface area contributed by atoms with Crippen LogP contribution in [0.2, 0.25) is 0 Å². The van der Waals surface area contributed by atoms with E-state index in [1.165, 1.54) is 0 Å². The van der Waals surface area contributed by atoms with Gasteiger partial charge in [0.05, 0.1) is 18.3 Å². The molecule has 42 heavy (non-hydrogen) atoms. The number of amides is 4. The molecule has 5 rings (SSSR count). The van der Waals surface area contributed by atoms with E-state index in [1.54, 1.807) is 22.9 Å². The number of hydrogen-bond donors (Lipinski definition) is 2. The van der Waals surface area contributed by atoms with Crippen LogP contribution >= 0.6 is 0 Å². The number of anilines is 1. The lowest BCUT2D eigenvalue weighted by Crippen LogP contribution is -2.51. The number of benzene rings is 3. The van der Waals surface area contributed by atoms with Crippen LogP contribution in [0.25, 0.3) is 0 Å². The molecule has 218 valence electrons. The maximum Gasteiger partial charge on any atom is 0.325 e. The van der Waals surface area contributed by atoms with Crippen LogP contribution in [0, 0.1) is 0 Å². The first-order valence-corrected chi connectivity index (χ1v) is 13.9. The number of ether oxygens (including phenoxy) is 1. The third kappa shape index (κ3) is 6.50. The molecular formula is C32H34N4O6. The SMILES string of the molecule is CN(Cc1cc(CN2CCN(c3ccccc3OCc3ccc(CO)cc3)C2=O)ccc1C=O)C1CCC(=O)NC1=O. The van der Waals surface area contributed by atoms with Gasteiger partial charge in [0.25, 0.3) is 0 Å². The number of urea groups is 1. The molecule has 0 aromatic heterocycles. The summed E-state index contributed by atoms with van der Waals surface area (Å²) in [5, 5.41) is 11.6. The van der Waals surface area contributed by atoms with Crippen molar-refractivity contribution in [3.63, 3.8) is 0 Å². The van der Waals surface area contributed by atoms with E-state index in [-0.39, 0.29) is 30.9 Å². The molecule has 0 saturated carbocycles. The van der Waals surface area contributed by atoms with Crippen molar-refractivity contribution in [2.24, 2.45) is 0 Å². The summed E-state index contributed by atoms with van der Waals surface area (Å²) in [5.74, 6) is 0.00416. The second kappa shape index (κ2) is 13.0. The van der Waals surface area contributed by atoms with Crippen molar-refractivity contribution in [3.8, 4) is 5.75 Å². The molecule has 1 atom stereocenters. The number of likely N-dealkylation sites (N-methyl/N-ethyl adjacent to an activating group) is 1. The molecule has 10 heteroatoms. The summed E-state index contributed by atoms with van der Waals surface area (Å²) < 4.78 is 6.09. The second-order valence-corrected chi connectivity index (χ2v) is 10.6. The number of piperidine rings is 1. The number of rotatable bonds is 11. The predicted octanol–water partition coefficient (Wildman–Crippen LogP) is 3.25. The highest BCUT2D eigenvalue weighted by molar-refractivity contribution is 6.00. The van der Waals surface area contributed by atoms with E-state index in [2.05, 4.69) is 5.32 Å². The zero-order chi connectivity index (χ0) is 29.6. The van der Waals surface area contributed by atoms with E-state index in [4.69, 9.17) is 4.74 Å². The van der Waals surface area contributed by atoms with Gasteiger partial charge >= 0.3 is 6.03 Å². The Hall–Kier alpha value is -4.54. The van der Waals surface area contributed by atoms with Crippen molar-refractivity contribution >= 4 is 29.8 Å². The molecule has 0 bridgehead atoms. The van der Waals surface area contributed by atoms with E-state index in [9.17, 15) is 24.3 Å². The van der Waals surface area contributed by atoms with Crippen LogP contribution in [0.3, 0.4) is 0 Å². The summed E-state index contributed by atoms with van der Waals surface area (Å²) >= 11 is 0. The minimum Gasteiger partial charge on any atom is -0.487 e. The molecule has 3 aromatic rings. The van der Waals surface area contributed by atoms with Crippen LogP contribution in [0.1, 0.15) is 45.5 Å². The second-order valence-electron chi connectivity index (χ2n) is 10.6. The quantitative estimate of drug-likeness (QED) is 0.268. The molecule has 2 fully saturated rings. The van der Waals surface area contributed by atoms with Gasteiger partial charge in [0.2, 0.25) is 11.8 Å². The molecule has 2 N–H and O–H groups in total. The molecule has 4 amide bonds. The van der Waals surface area contributed by atoms with Crippen LogP contribution in [0.5, 0.6) is 5.75 Å². The van der Waals surface area contributed by atoms with Gasteiger partial charge in [-0.05, 0) is 47.9 Å². The van der Waals surface area contributed by atoms with Gasteiger partial charge < -0.3 is 14.7 Å². The number of aldehydes is 1. The van der Waals surface area contributed by atoms with E-state index < -0.39 is 6.04 Å². The van der Waals surface area contributed by atoms with E-state index in [0.29, 0.717) is 56.2 Å². The maximum absolute atomic E-state index is 13.5. The van der Waals surface area contributed by atoms with Gasteiger partial charge in [0.15, 0.2) is 0 Å². The topological polar surface area (TPSA) is 119 Å². The minimum absolute atomic E-state index is 0.0144. The maximum atomic E-state index is 13.5. The summed E-state index contributed by atoms with van der Waals surface area (Å²) in [4.78, 5) is 54.4. The lowest BCUT2D eigenvalue weighted by Gasteiger charge is -2.30. The fourth-order valence-electron chi connectivity index (χ4n) is 5.37. The van der Waals surface area contributed by atoms with Crippen molar-refractivity contribution < 1.29 is 29.0 Å². The number of carbonyl (C=O) groups excluding carboxylic acids is 4. The standard InChI is InChI=1S/C32H34N4O6/c1-34(28-12-13-30(39)33-31(28)40)18-26-16-24(10-11-25(26)20-38)17-35-14-15-36(32(35)41)27-4-2-3-5-29(27)42-21-23-8-6-22(19-37)7-9-23/h2-11,16,20,28,37H,12-15,17-19,21H2,1H3,(H,33,39,40). The summed E-state index contributed by atoms with van der Waals surface area (Å²) in [7, 11) is 1.80. The number of aliphatic hydroxyl groups excluding tert-OH is 1. The molecule has 0 spiro atoms. The molecule has 0 radical (unpaired) electrons.